The summed E-state index contributed by atoms with van der Waals surface area (Å²) in [5.41, 5.74) is 2.59. The molecule has 32 heavy (non-hydrogen) atoms. The number of anilines is 1. The Morgan fingerprint density at radius 3 is 2.66 bits per heavy atom. The number of fused-ring (bicyclic) bond motifs is 1. The van der Waals surface area contributed by atoms with Crippen molar-refractivity contribution in [1.29, 1.82) is 10.7 Å². The molecule has 164 valence electrons. The van der Waals surface area contributed by atoms with Gasteiger partial charge in [-0.15, -0.1) is 0 Å². The molecule has 2 aromatic carbocycles. The number of carbonyl (C=O) groups is 2. The highest BCUT2D eigenvalue weighted by molar-refractivity contribution is 6.05. The Balaban J connectivity index is 2.14. The zero-order valence-corrected chi connectivity index (χ0v) is 18.4. The Morgan fingerprint density at radius 1 is 1.25 bits per heavy atom. The van der Waals surface area contributed by atoms with Crippen LogP contribution in [0.2, 0.25) is 0 Å². The molecule has 2 atom stereocenters. The molecule has 0 aromatic heterocycles. The van der Waals surface area contributed by atoms with Gasteiger partial charge in [-0.3, -0.25) is 9.59 Å². The van der Waals surface area contributed by atoms with Crippen LogP contribution < -0.4 is 10.6 Å². The van der Waals surface area contributed by atoms with E-state index in [1.165, 1.54) is 6.21 Å². The quantitative estimate of drug-likeness (QED) is 0.585. The Labute approximate surface area is 188 Å². The van der Waals surface area contributed by atoms with Crippen molar-refractivity contribution in [3.05, 3.63) is 77.0 Å². The van der Waals surface area contributed by atoms with Crippen molar-refractivity contribution in [1.82, 2.24) is 10.2 Å². The minimum absolute atomic E-state index is 0.154. The molecule has 0 aliphatic carbocycles. The minimum atomic E-state index is -0.727. The van der Waals surface area contributed by atoms with Gasteiger partial charge in [0.1, 0.15) is 0 Å². The van der Waals surface area contributed by atoms with E-state index in [2.05, 4.69) is 16.7 Å². The number of benzene rings is 2. The summed E-state index contributed by atoms with van der Waals surface area (Å²) in [7, 11) is 1.72. The molecule has 3 N–H and O–H groups in total. The molecule has 7 nitrogen and oxygen atoms in total. The third kappa shape index (κ3) is 4.54. The molecule has 1 aliphatic heterocycles. The smallest absolute Gasteiger partial charge is 0.254 e. The van der Waals surface area contributed by atoms with E-state index in [0.717, 1.165) is 0 Å². The van der Waals surface area contributed by atoms with Crippen LogP contribution in [0.5, 0.6) is 0 Å². The van der Waals surface area contributed by atoms with Gasteiger partial charge in [0.2, 0.25) is 5.91 Å². The van der Waals surface area contributed by atoms with Crippen LogP contribution in [0.1, 0.15) is 41.3 Å². The van der Waals surface area contributed by atoms with Gasteiger partial charge in [-0.25, -0.2) is 0 Å². The third-order valence-electron chi connectivity index (χ3n) is 5.36. The number of nitrogens with zero attached hydrogens (tertiary/aromatic N) is 2. The molecule has 0 fully saturated rings. The second-order valence-electron chi connectivity index (χ2n) is 8.12. The molecule has 0 unspecified atom stereocenters. The van der Waals surface area contributed by atoms with Crippen LogP contribution in [-0.2, 0) is 4.79 Å². The fourth-order valence-corrected chi connectivity index (χ4v) is 4.11. The largest absolute Gasteiger partial charge is 0.394 e. The van der Waals surface area contributed by atoms with E-state index >= 15 is 0 Å². The maximum absolute atomic E-state index is 13.6. The highest BCUT2D eigenvalue weighted by Gasteiger charge is 2.44. The molecular formula is C25H27N5O2. The van der Waals surface area contributed by atoms with E-state index in [-0.39, 0.29) is 17.7 Å². The van der Waals surface area contributed by atoms with E-state index in [1.807, 2.05) is 19.9 Å². The lowest BCUT2D eigenvalue weighted by atomic mass is 9.78. The summed E-state index contributed by atoms with van der Waals surface area (Å²) in [6.45, 7) is 4.47. The summed E-state index contributed by atoms with van der Waals surface area (Å²) in [5, 5.41) is 23.0. The first-order chi connectivity index (χ1) is 15.4. The van der Waals surface area contributed by atoms with Crippen molar-refractivity contribution >= 4 is 23.7 Å². The van der Waals surface area contributed by atoms with Gasteiger partial charge >= 0.3 is 0 Å². The van der Waals surface area contributed by atoms with Crippen molar-refractivity contribution in [2.45, 2.75) is 25.8 Å². The summed E-state index contributed by atoms with van der Waals surface area (Å²) >= 11 is 0. The van der Waals surface area contributed by atoms with Crippen molar-refractivity contribution in [3.63, 3.8) is 0 Å². The molecule has 1 aliphatic rings. The van der Waals surface area contributed by atoms with Crippen LogP contribution in [0.25, 0.3) is 0 Å². The summed E-state index contributed by atoms with van der Waals surface area (Å²) < 4.78 is 0. The average Bonchev–Trinajstić information content (AvgIpc) is 2.79. The monoisotopic (exact) mass is 429 g/mol. The second kappa shape index (κ2) is 9.92. The highest BCUT2D eigenvalue weighted by atomic mass is 16.2. The topological polar surface area (TPSA) is 109 Å². The molecule has 1 heterocycles. The van der Waals surface area contributed by atoms with Crippen LogP contribution >= 0.6 is 0 Å². The molecule has 3 rings (SSSR count). The molecule has 0 saturated heterocycles. The molecular weight excluding hydrogens is 402 g/mol. The normalized spacial score (nSPS) is 18.0. The average molecular weight is 430 g/mol. The maximum Gasteiger partial charge on any atom is 0.254 e. The molecule has 0 saturated carbocycles. The summed E-state index contributed by atoms with van der Waals surface area (Å²) in [5.74, 6) is -1.01. The molecule has 7 heteroatoms. The number of hydrogen-bond donors (Lipinski definition) is 3. The van der Waals surface area contributed by atoms with Gasteiger partial charge in [-0.2, -0.15) is 5.26 Å². The minimum Gasteiger partial charge on any atom is -0.394 e. The molecule has 0 spiro atoms. The standard InChI is InChI=1S/C25H27N5O2/c1-16(2)15-30-23(18(13-27)14-28-3)22(20-9-4-5-10-21(20)25(30)32)24(31)29-19-8-6-7-17(11-19)12-26/h4-11,13-14,16,22-23,27-28H,15H2,1-3H3,(H,29,31)/b18-14+,27-13?/t22-,23+/m1/s1. The van der Waals surface area contributed by atoms with Crippen LogP contribution in [0, 0.1) is 22.7 Å². The van der Waals surface area contributed by atoms with Gasteiger partial charge in [0.25, 0.3) is 5.91 Å². The van der Waals surface area contributed by atoms with Gasteiger partial charge < -0.3 is 20.9 Å². The fraction of sp³-hybridized carbons (Fsp3) is 0.280. The first kappa shape index (κ1) is 22.8. The Kier molecular flexibility index (Phi) is 7.06. The first-order valence-corrected chi connectivity index (χ1v) is 10.5. The Hall–Kier alpha value is -3.92. The van der Waals surface area contributed by atoms with E-state index in [1.54, 1.807) is 60.6 Å². The van der Waals surface area contributed by atoms with Gasteiger partial charge in [0, 0.05) is 42.8 Å². The number of rotatable bonds is 7. The summed E-state index contributed by atoms with van der Waals surface area (Å²) in [4.78, 5) is 28.8. The Morgan fingerprint density at radius 2 is 2.00 bits per heavy atom. The van der Waals surface area contributed by atoms with Crippen LogP contribution in [0.3, 0.4) is 0 Å². The first-order valence-electron chi connectivity index (χ1n) is 10.5. The van der Waals surface area contributed by atoms with Crippen molar-refractivity contribution in [2.75, 3.05) is 18.9 Å². The molecule has 0 bridgehead atoms. The summed E-state index contributed by atoms with van der Waals surface area (Å²) in [6.07, 6.45) is 2.84. The van der Waals surface area contributed by atoms with E-state index in [9.17, 15) is 14.9 Å². The van der Waals surface area contributed by atoms with Gasteiger partial charge in [-0.1, -0.05) is 38.1 Å². The lowest BCUT2D eigenvalue weighted by Gasteiger charge is -2.42. The lowest BCUT2D eigenvalue weighted by Crippen LogP contribution is -2.53. The number of nitrogens with one attached hydrogen (secondary N) is 3. The third-order valence-corrected chi connectivity index (χ3v) is 5.36. The number of nitriles is 1. The van der Waals surface area contributed by atoms with Crippen molar-refractivity contribution in [2.24, 2.45) is 5.92 Å². The fourth-order valence-electron chi connectivity index (χ4n) is 4.11. The van der Waals surface area contributed by atoms with Crippen LogP contribution in [0.4, 0.5) is 5.69 Å². The van der Waals surface area contributed by atoms with E-state index in [0.29, 0.717) is 34.5 Å². The van der Waals surface area contributed by atoms with Crippen molar-refractivity contribution in [3.8, 4) is 6.07 Å². The number of hydrogen-bond acceptors (Lipinski definition) is 5. The number of carbonyl (C=O) groups excluding carboxylic acids is 2. The second-order valence-corrected chi connectivity index (χ2v) is 8.12. The predicted molar refractivity (Wildman–Crippen MR) is 125 cm³/mol. The lowest BCUT2D eigenvalue weighted by molar-refractivity contribution is -0.118. The summed E-state index contributed by atoms with van der Waals surface area (Å²) in [6, 6.07) is 15.3. The zero-order valence-electron chi connectivity index (χ0n) is 18.4. The Bertz CT molecular complexity index is 1100. The van der Waals surface area contributed by atoms with E-state index < -0.39 is 12.0 Å². The van der Waals surface area contributed by atoms with E-state index in [4.69, 9.17) is 5.41 Å². The predicted octanol–water partition coefficient (Wildman–Crippen LogP) is 3.51. The zero-order chi connectivity index (χ0) is 23.3. The van der Waals surface area contributed by atoms with Gasteiger partial charge in [0.05, 0.1) is 23.6 Å². The molecule has 2 aromatic rings. The number of amides is 2. The SMILES string of the molecule is CN/C=C(\C=N)[C@H]1[C@H](C(=O)Nc2cccc(C#N)c2)c2ccccc2C(=O)N1CC(C)C. The van der Waals surface area contributed by atoms with Crippen LogP contribution in [-0.4, -0.2) is 42.6 Å². The molecule has 0 radical (unpaired) electrons. The van der Waals surface area contributed by atoms with Crippen LogP contribution in [0.15, 0.2) is 60.3 Å². The maximum atomic E-state index is 13.6. The molecule has 2 amide bonds. The van der Waals surface area contributed by atoms with Gasteiger partial charge in [0.15, 0.2) is 0 Å². The van der Waals surface area contributed by atoms with Crippen molar-refractivity contribution < 1.29 is 9.59 Å². The highest BCUT2D eigenvalue weighted by Crippen LogP contribution is 2.37. The van der Waals surface area contributed by atoms with Gasteiger partial charge in [-0.05, 0) is 35.7 Å².